The number of hydrogen-bond donors (Lipinski definition) is 1. The summed E-state index contributed by atoms with van der Waals surface area (Å²) < 4.78 is 5.22. The van der Waals surface area contributed by atoms with Crippen LogP contribution < -0.4 is 4.74 Å². The number of aryl methyl sites for hydroxylation is 1. The van der Waals surface area contributed by atoms with Crippen LogP contribution in [-0.2, 0) is 17.8 Å². The summed E-state index contributed by atoms with van der Waals surface area (Å²) in [5.74, 6) is -0.0884. The van der Waals surface area contributed by atoms with Crippen molar-refractivity contribution in [2.24, 2.45) is 0 Å². The molecule has 1 atom stereocenters. The quantitative estimate of drug-likeness (QED) is 0.940. The van der Waals surface area contributed by atoms with E-state index in [-0.39, 0.29) is 0 Å². The van der Waals surface area contributed by atoms with Crippen LogP contribution in [0.25, 0.3) is 0 Å². The van der Waals surface area contributed by atoms with E-state index in [0.29, 0.717) is 13.1 Å². The molecule has 2 aromatic rings. The second-order valence-electron chi connectivity index (χ2n) is 5.79. The van der Waals surface area contributed by atoms with Gasteiger partial charge >= 0.3 is 5.97 Å². The molecule has 2 heterocycles. The van der Waals surface area contributed by atoms with Crippen LogP contribution in [0.5, 0.6) is 5.75 Å². The molecule has 120 valence electrons. The van der Waals surface area contributed by atoms with Gasteiger partial charge in [-0.2, -0.15) is 0 Å². The van der Waals surface area contributed by atoms with E-state index in [9.17, 15) is 9.90 Å². The van der Waals surface area contributed by atoms with Gasteiger partial charge in [0.05, 0.1) is 12.8 Å². The summed E-state index contributed by atoms with van der Waals surface area (Å²) in [6.45, 7) is 3.23. The number of carboxylic acid groups (broad SMARTS) is 1. The van der Waals surface area contributed by atoms with E-state index in [1.807, 2.05) is 36.1 Å². The summed E-state index contributed by atoms with van der Waals surface area (Å²) in [4.78, 5) is 18.2. The lowest BCUT2D eigenvalue weighted by Gasteiger charge is -2.35. The van der Waals surface area contributed by atoms with Gasteiger partial charge in [0.15, 0.2) is 0 Å². The van der Waals surface area contributed by atoms with Gasteiger partial charge in [-0.3, -0.25) is 14.7 Å². The first kappa shape index (κ1) is 15.5. The minimum atomic E-state index is -0.820. The summed E-state index contributed by atoms with van der Waals surface area (Å²) in [5, 5.41) is 9.74. The maximum absolute atomic E-state index is 11.9. The number of hydrogen-bond acceptors (Lipinski definition) is 4. The summed E-state index contributed by atoms with van der Waals surface area (Å²) in [6.07, 6.45) is 2.54. The molecule has 0 fully saturated rings. The van der Waals surface area contributed by atoms with Crippen LogP contribution in [-0.4, -0.2) is 34.6 Å². The van der Waals surface area contributed by atoms with Crippen molar-refractivity contribution in [1.29, 1.82) is 0 Å². The standard InChI is InChI=1S/C18H20N2O3/c1-12-4-3-5-16-15(12)7-9-20(17(16)18(21)22)11-13-10-14(23-2)6-8-19-13/h3-6,8,10,17H,7,9,11H2,1-2H3,(H,21,22). The first-order valence-corrected chi connectivity index (χ1v) is 7.64. The largest absolute Gasteiger partial charge is 0.497 e. The summed E-state index contributed by atoms with van der Waals surface area (Å²) >= 11 is 0. The number of carboxylic acids is 1. The Labute approximate surface area is 135 Å². The van der Waals surface area contributed by atoms with Crippen molar-refractivity contribution in [3.63, 3.8) is 0 Å². The van der Waals surface area contributed by atoms with Crippen molar-refractivity contribution in [2.75, 3.05) is 13.7 Å². The third-order valence-corrected chi connectivity index (χ3v) is 4.38. The van der Waals surface area contributed by atoms with Crippen molar-refractivity contribution >= 4 is 5.97 Å². The van der Waals surface area contributed by atoms with Crippen molar-refractivity contribution in [3.8, 4) is 5.75 Å². The Balaban J connectivity index is 1.92. The van der Waals surface area contributed by atoms with Crippen LogP contribution in [0.15, 0.2) is 36.5 Å². The number of carbonyl (C=O) groups is 1. The summed E-state index contributed by atoms with van der Waals surface area (Å²) in [7, 11) is 1.61. The maximum atomic E-state index is 11.9. The molecule has 5 nitrogen and oxygen atoms in total. The summed E-state index contributed by atoms with van der Waals surface area (Å²) in [6, 6.07) is 8.89. The van der Waals surface area contributed by atoms with E-state index in [0.717, 1.165) is 34.6 Å². The SMILES string of the molecule is COc1ccnc(CN2CCc3c(C)cccc3C2C(=O)O)c1. The number of nitrogens with zero attached hydrogens (tertiary/aromatic N) is 2. The van der Waals surface area contributed by atoms with E-state index in [1.165, 1.54) is 0 Å². The van der Waals surface area contributed by atoms with Gasteiger partial charge in [-0.15, -0.1) is 0 Å². The third kappa shape index (κ3) is 3.05. The van der Waals surface area contributed by atoms with Gasteiger partial charge in [0, 0.05) is 25.4 Å². The van der Waals surface area contributed by atoms with Crippen molar-refractivity contribution in [1.82, 2.24) is 9.88 Å². The predicted octanol–water partition coefficient (Wildman–Crippen LogP) is 2.58. The highest BCUT2D eigenvalue weighted by molar-refractivity contribution is 5.76. The molecule has 0 spiro atoms. The van der Waals surface area contributed by atoms with Gasteiger partial charge in [-0.1, -0.05) is 18.2 Å². The molecule has 1 aromatic carbocycles. The normalized spacial score (nSPS) is 17.6. The molecule has 3 rings (SSSR count). The van der Waals surface area contributed by atoms with Gasteiger partial charge in [-0.25, -0.2) is 0 Å². The van der Waals surface area contributed by atoms with Crippen LogP contribution >= 0.6 is 0 Å². The first-order valence-electron chi connectivity index (χ1n) is 7.64. The molecule has 1 aromatic heterocycles. The number of benzene rings is 1. The molecule has 0 amide bonds. The highest BCUT2D eigenvalue weighted by atomic mass is 16.5. The second kappa shape index (κ2) is 6.38. The molecule has 1 N–H and O–H groups in total. The fraction of sp³-hybridized carbons (Fsp3) is 0.333. The molecular weight excluding hydrogens is 292 g/mol. The van der Waals surface area contributed by atoms with Gasteiger partial charge in [-0.05, 0) is 36.1 Å². The minimum Gasteiger partial charge on any atom is -0.497 e. The number of aromatic nitrogens is 1. The van der Waals surface area contributed by atoms with E-state index < -0.39 is 12.0 Å². The molecule has 0 bridgehead atoms. The van der Waals surface area contributed by atoms with Crippen LogP contribution in [0.1, 0.15) is 28.4 Å². The topological polar surface area (TPSA) is 62.7 Å². The summed E-state index contributed by atoms with van der Waals surface area (Å²) in [5.41, 5.74) is 4.03. The van der Waals surface area contributed by atoms with Crippen LogP contribution in [0, 0.1) is 6.92 Å². The Morgan fingerprint density at radius 3 is 3.00 bits per heavy atom. The molecule has 0 saturated heterocycles. The van der Waals surface area contributed by atoms with Gasteiger partial charge in [0.2, 0.25) is 0 Å². The predicted molar refractivity (Wildman–Crippen MR) is 86.5 cm³/mol. The zero-order chi connectivity index (χ0) is 16.4. The molecule has 0 radical (unpaired) electrons. The average Bonchev–Trinajstić information content (AvgIpc) is 2.54. The van der Waals surface area contributed by atoms with Gasteiger partial charge in [0.1, 0.15) is 11.8 Å². The number of methoxy groups -OCH3 is 1. The second-order valence-corrected chi connectivity index (χ2v) is 5.79. The molecule has 1 aliphatic rings. The Kier molecular flexibility index (Phi) is 4.30. The number of pyridine rings is 1. The molecule has 23 heavy (non-hydrogen) atoms. The molecule has 1 aliphatic heterocycles. The molecule has 0 saturated carbocycles. The van der Waals surface area contributed by atoms with E-state index in [2.05, 4.69) is 4.98 Å². The number of rotatable bonds is 4. The first-order chi connectivity index (χ1) is 11.1. The number of ether oxygens (including phenoxy) is 1. The lowest BCUT2D eigenvalue weighted by atomic mass is 9.89. The van der Waals surface area contributed by atoms with Gasteiger partial charge in [0.25, 0.3) is 0 Å². The number of aliphatic carboxylic acids is 1. The Morgan fingerprint density at radius 2 is 2.26 bits per heavy atom. The fourth-order valence-corrected chi connectivity index (χ4v) is 3.24. The van der Waals surface area contributed by atoms with Crippen molar-refractivity contribution < 1.29 is 14.6 Å². The van der Waals surface area contributed by atoms with E-state index in [1.54, 1.807) is 19.4 Å². The van der Waals surface area contributed by atoms with Crippen molar-refractivity contribution in [3.05, 3.63) is 58.9 Å². The zero-order valence-corrected chi connectivity index (χ0v) is 13.3. The minimum absolute atomic E-state index is 0.488. The van der Waals surface area contributed by atoms with Crippen LogP contribution in [0.2, 0.25) is 0 Å². The number of fused-ring (bicyclic) bond motifs is 1. The smallest absolute Gasteiger partial charge is 0.325 e. The van der Waals surface area contributed by atoms with Crippen LogP contribution in [0.4, 0.5) is 0 Å². The lowest BCUT2D eigenvalue weighted by Crippen LogP contribution is -2.39. The zero-order valence-electron chi connectivity index (χ0n) is 13.3. The lowest BCUT2D eigenvalue weighted by molar-refractivity contribution is -0.144. The van der Waals surface area contributed by atoms with Gasteiger partial charge < -0.3 is 9.84 Å². The highest BCUT2D eigenvalue weighted by Gasteiger charge is 2.33. The maximum Gasteiger partial charge on any atom is 0.325 e. The Hall–Kier alpha value is -2.40. The van der Waals surface area contributed by atoms with E-state index in [4.69, 9.17) is 4.74 Å². The Morgan fingerprint density at radius 1 is 1.43 bits per heavy atom. The van der Waals surface area contributed by atoms with Crippen LogP contribution in [0.3, 0.4) is 0 Å². The fourth-order valence-electron chi connectivity index (χ4n) is 3.24. The van der Waals surface area contributed by atoms with E-state index >= 15 is 0 Å². The molecule has 5 heteroatoms. The molecule has 1 unspecified atom stereocenters. The van der Waals surface area contributed by atoms with Crippen molar-refractivity contribution in [2.45, 2.75) is 25.9 Å². The molecular formula is C18H20N2O3. The average molecular weight is 312 g/mol. The monoisotopic (exact) mass is 312 g/mol. The third-order valence-electron chi connectivity index (χ3n) is 4.38. The highest BCUT2D eigenvalue weighted by Crippen LogP contribution is 2.32. The Bertz CT molecular complexity index is 730. The molecule has 0 aliphatic carbocycles.